The quantitative estimate of drug-likeness (QED) is 0.366. The fourth-order valence-corrected chi connectivity index (χ4v) is 4.05. The Bertz CT molecular complexity index is 693. The van der Waals surface area contributed by atoms with Gasteiger partial charge in [0.25, 0.3) is 0 Å². The summed E-state index contributed by atoms with van der Waals surface area (Å²) >= 11 is 0. The minimum absolute atomic E-state index is 0.100. The first kappa shape index (κ1) is 24.1. The molecular formula is C25H36O5. The number of esters is 2. The minimum Gasteiger partial charge on any atom is -0.469 e. The molecule has 0 aliphatic carbocycles. The molecule has 3 unspecified atom stereocenters. The van der Waals surface area contributed by atoms with Gasteiger partial charge in [-0.2, -0.15) is 0 Å². The number of methoxy groups -OCH3 is 1. The van der Waals surface area contributed by atoms with Crippen LogP contribution in [-0.4, -0.2) is 38.4 Å². The summed E-state index contributed by atoms with van der Waals surface area (Å²) in [7, 11) is 1.39. The molecule has 0 bridgehead atoms. The normalized spacial score (nSPS) is 19.8. The molecule has 1 aliphatic heterocycles. The van der Waals surface area contributed by atoms with Crippen molar-refractivity contribution >= 4 is 11.9 Å². The third-order valence-corrected chi connectivity index (χ3v) is 6.05. The highest BCUT2D eigenvalue weighted by molar-refractivity contribution is 5.89. The Hall–Kier alpha value is -2.14. The van der Waals surface area contributed by atoms with Gasteiger partial charge in [-0.25, -0.2) is 4.79 Å². The van der Waals surface area contributed by atoms with Crippen LogP contribution in [0, 0.1) is 17.8 Å². The van der Waals surface area contributed by atoms with Crippen molar-refractivity contribution in [2.45, 2.75) is 59.0 Å². The number of hydrogen-bond donors (Lipinski definition) is 0. The second kappa shape index (κ2) is 12.5. The molecule has 0 saturated carbocycles. The van der Waals surface area contributed by atoms with Gasteiger partial charge in [-0.05, 0) is 49.8 Å². The molecule has 1 aromatic rings. The first-order chi connectivity index (χ1) is 14.5. The molecular weight excluding hydrogens is 380 g/mol. The lowest BCUT2D eigenvalue weighted by molar-refractivity contribution is -0.147. The molecule has 5 heteroatoms. The van der Waals surface area contributed by atoms with Crippen molar-refractivity contribution in [2.24, 2.45) is 17.8 Å². The standard InChI is InChI=1S/C25H36O5/c1-5-19(6-2)15-20-14-18(3)23(30-17-20)16-22(24(26)28-4)12-13-29-25(27)21-10-8-7-9-11-21/h7-11,14,19-20,22-23H,5-6,12-13,15-17H2,1-4H3. The van der Waals surface area contributed by atoms with Crippen molar-refractivity contribution < 1.29 is 23.8 Å². The van der Waals surface area contributed by atoms with Crippen LogP contribution in [0.2, 0.25) is 0 Å². The highest BCUT2D eigenvalue weighted by Crippen LogP contribution is 2.30. The van der Waals surface area contributed by atoms with Crippen LogP contribution in [0.4, 0.5) is 0 Å². The number of benzene rings is 1. The molecule has 0 amide bonds. The summed E-state index contributed by atoms with van der Waals surface area (Å²) in [5.41, 5.74) is 1.68. The van der Waals surface area contributed by atoms with E-state index in [9.17, 15) is 9.59 Å². The predicted molar refractivity (Wildman–Crippen MR) is 117 cm³/mol. The summed E-state index contributed by atoms with van der Waals surface area (Å²) < 4.78 is 16.5. The molecule has 0 radical (unpaired) electrons. The molecule has 0 fully saturated rings. The average molecular weight is 417 g/mol. The molecule has 1 heterocycles. The smallest absolute Gasteiger partial charge is 0.338 e. The van der Waals surface area contributed by atoms with E-state index in [1.807, 2.05) is 6.07 Å². The third-order valence-electron chi connectivity index (χ3n) is 6.05. The van der Waals surface area contributed by atoms with E-state index in [-0.39, 0.29) is 30.6 Å². The molecule has 30 heavy (non-hydrogen) atoms. The van der Waals surface area contributed by atoms with Gasteiger partial charge in [0.2, 0.25) is 0 Å². The van der Waals surface area contributed by atoms with Gasteiger partial charge < -0.3 is 14.2 Å². The number of ether oxygens (including phenoxy) is 3. The molecule has 0 saturated heterocycles. The second-order valence-corrected chi connectivity index (χ2v) is 8.16. The van der Waals surface area contributed by atoms with E-state index >= 15 is 0 Å². The zero-order chi connectivity index (χ0) is 21.9. The van der Waals surface area contributed by atoms with Crippen molar-refractivity contribution in [3.8, 4) is 0 Å². The number of carbonyl (C=O) groups excluding carboxylic acids is 2. The zero-order valence-corrected chi connectivity index (χ0v) is 18.8. The molecule has 1 aliphatic rings. The lowest BCUT2D eigenvalue weighted by Crippen LogP contribution is -2.31. The van der Waals surface area contributed by atoms with Crippen LogP contribution < -0.4 is 0 Å². The van der Waals surface area contributed by atoms with Crippen molar-refractivity contribution in [1.29, 1.82) is 0 Å². The number of hydrogen-bond acceptors (Lipinski definition) is 5. The van der Waals surface area contributed by atoms with Crippen molar-refractivity contribution in [1.82, 2.24) is 0 Å². The Morgan fingerprint density at radius 1 is 1.13 bits per heavy atom. The van der Waals surface area contributed by atoms with Gasteiger partial charge in [0.1, 0.15) is 0 Å². The van der Waals surface area contributed by atoms with Gasteiger partial charge in [-0.1, -0.05) is 51.0 Å². The minimum atomic E-state index is -0.381. The Morgan fingerprint density at radius 3 is 2.43 bits per heavy atom. The van der Waals surface area contributed by atoms with Crippen molar-refractivity contribution in [3.63, 3.8) is 0 Å². The molecule has 1 aromatic carbocycles. The lowest BCUT2D eigenvalue weighted by Gasteiger charge is -2.31. The average Bonchev–Trinajstić information content (AvgIpc) is 2.78. The molecule has 0 N–H and O–H groups in total. The summed E-state index contributed by atoms with van der Waals surface area (Å²) in [4.78, 5) is 24.4. The monoisotopic (exact) mass is 416 g/mol. The van der Waals surface area contributed by atoms with Crippen molar-refractivity contribution in [2.75, 3.05) is 20.3 Å². The molecule has 3 atom stereocenters. The van der Waals surface area contributed by atoms with Gasteiger partial charge in [-0.15, -0.1) is 0 Å². The summed E-state index contributed by atoms with van der Waals surface area (Å²) in [6.07, 6.45) is 6.69. The molecule has 2 rings (SSSR count). The maximum absolute atomic E-state index is 12.3. The Labute approximate surface area is 180 Å². The maximum Gasteiger partial charge on any atom is 0.338 e. The highest BCUT2D eigenvalue weighted by Gasteiger charge is 2.29. The summed E-state index contributed by atoms with van der Waals surface area (Å²) in [5.74, 6) is 0.119. The van der Waals surface area contributed by atoms with Crippen molar-refractivity contribution in [3.05, 3.63) is 47.5 Å². The van der Waals surface area contributed by atoms with E-state index in [4.69, 9.17) is 14.2 Å². The molecule has 166 valence electrons. The largest absolute Gasteiger partial charge is 0.469 e. The predicted octanol–water partition coefficient (Wildman–Crippen LogP) is 5.20. The summed E-state index contributed by atoms with van der Waals surface area (Å²) in [6.45, 7) is 7.41. The van der Waals surface area contributed by atoms with Crippen LogP contribution in [0.25, 0.3) is 0 Å². The fraction of sp³-hybridized carbons (Fsp3) is 0.600. The number of rotatable bonds is 11. The van der Waals surface area contributed by atoms with Gasteiger partial charge >= 0.3 is 11.9 Å². The SMILES string of the molecule is CCC(CC)CC1C=C(C)C(CC(CCOC(=O)c2ccccc2)C(=O)OC)OC1. The Morgan fingerprint density at radius 2 is 1.83 bits per heavy atom. The van der Waals surface area contributed by atoms with E-state index in [2.05, 4.69) is 26.8 Å². The van der Waals surface area contributed by atoms with Crippen LogP contribution >= 0.6 is 0 Å². The maximum atomic E-state index is 12.3. The van der Waals surface area contributed by atoms with Gasteiger partial charge in [0.05, 0.1) is 37.9 Å². The third kappa shape index (κ3) is 7.28. The van der Waals surface area contributed by atoms with Crippen LogP contribution in [-0.2, 0) is 19.0 Å². The molecule has 0 spiro atoms. The molecule has 0 aromatic heterocycles. The van der Waals surface area contributed by atoms with E-state index in [1.54, 1.807) is 24.3 Å². The Balaban J connectivity index is 1.90. The van der Waals surface area contributed by atoms with Crippen LogP contribution in [0.5, 0.6) is 0 Å². The van der Waals surface area contributed by atoms with E-state index in [1.165, 1.54) is 25.5 Å². The van der Waals surface area contributed by atoms with E-state index in [0.29, 0.717) is 30.9 Å². The van der Waals surface area contributed by atoms with Crippen LogP contribution in [0.15, 0.2) is 42.0 Å². The summed E-state index contributed by atoms with van der Waals surface area (Å²) in [5, 5.41) is 0. The van der Waals surface area contributed by atoms with Crippen LogP contribution in [0.1, 0.15) is 63.2 Å². The zero-order valence-electron chi connectivity index (χ0n) is 18.8. The first-order valence-corrected chi connectivity index (χ1v) is 11.1. The van der Waals surface area contributed by atoms with Gasteiger partial charge in [-0.3, -0.25) is 4.79 Å². The Kier molecular flexibility index (Phi) is 10.1. The van der Waals surface area contributed by atoms with Gasteiger partial charge in [0.15, 0.2) is 0 Å². The first-order valence-electron chi connectivity index (χ1n) is 11.1. The van der Waals surface area contributed by atoms with E-state index < -0.39 is 0 Å². The van der Waals surface area contributed by atoms with E-state index in [0.717, 1.165) is 12.3 Å². The lowest BCUT2D eigenvalue weighted by atomic mass is 9.86. The molecule has 5 nitrogen and oxygen atoms in total. The summed E-state index contributed by atoms with van der Waals surface area (Å²) in [6, 6.07) is 8.85. The second-order valence-electron chi connectivity index (χ2n) is 8.16. The van der Waals surface area contributed by atoms with Crippen LogP contribution in [0.3, 0.4) is 0 Å². The highest BCUT2D eigenvalue weighted by atomic mass is 16.5. The topological polar surface area (TPSA) is 61.8 Å². The fourth-order valence-electron chi connectivity index (χ4n) is 4.05. The van der Waals surface area contributed by atoms with Gasteiger partial charge in [0, 0.05) is 5.92 Å². The number of carbonyl (C=O) groups is 2.